The molecule has 2 aromatic carbocycles. The largest absolute Gasteiger partial charge is 0.473 e. The molecule has 0 unspecified atom stereocenters. The molecule has 2 aromatic rings. The predicted molar refractivity (Wildman–Crippen MR) is 108 cm³/mol. The lowest BCUT2D eigenvalue weighted by Crippen LogP contribution is -2.28. The first kappa shape index (κ1) is 18.7. The van der Waals surface area contributed by atoms with Crippen LogP contribution in [0.5, 0.6) is 0 Å². The molecule has 30 heavy (non-hydrogen) atoms. The molecule has 8 heteroatoms. The van der Waals surface area contributed by atoms with Gasteiger partial charge in [0.25, 0.3) is 0 Å². The van der Waals surface area contributed by atoms with Crippen LogP contribution in [0.4, 0.5) is 10.1 Å². The quantitative estimate of drug-likeness (QED) is 0.570. The summed E-state index contributed by atoms with van der Waals surface area (Å²) < 4.78 is 42.1. The number of hydrogen-bond donors (Lipinski definition) is 2. The fourth-order valence-corrected chi connectivity index (χ4v) is 3.32. The van der Waals surface area contributed by atoms with Crippen LogP contribution < -0.4 is 0 Å². The summed E-state index contributed by atoms with van der Waals surface area (Å²) >= 11 is 0. The third-order valence-electron chi connectivity index (χ3n) is 4.64. The Bertz CT molecular complexity index is 1040. The lowest BCUT2D eigenvalue weighted by atomic mass is 9.82. The molecule has 1 aliphatic heterocycles. The van der Waals surface area contributed by atoms with E-state index in [1.165, 1.54) is 17.0 Å². The second-order valence-corrected chi connectivity index (χ2v) is 6.71. The zero-order valence-electron chi connectivity index (χ0n) is 19.3. The standard InChI is InChI=1S/C20H21FN2O.C2H2O4/c1-22-18-9-10-19-15(13-18)14-24-20(19,11-4-12-23(2)3)16-5-7-17(21)8-6-16;3-1(4)2(5)6/h5-10,13H,4,11-12,14H2,2-3H3;(H,3,4)(H,5,6)/t20-;/m0./s1/i2D3;. The minimum absolute atomic E-state index is 0.322. The second kappa shape index (κ2) is 9.96. The number of rotatable bonds is 5. The van der Waals surface area contributed by atoms with E-state index in [4.69, 9.17) is 35.2 Å². The van der Waals surface area contributed by atoms with E-state index in [1.807, 2.05) is 12.1 Å². The Morgan fingerprint density at radius 3 is 2.50 bits per heavy atom. The zero-order chi connectivity index (χ0) is 24.8. The zero-order valence-corrected chi connectivity index (χ0v) is 16.3. The molecule has 0 amide bonds. The van der Waals surface area contributed by atoms with E-state index in [2.05, 4.69) is 4.85 Å². The first-order valence-electron chi connectivity index (χ1n) is 10.5. The SMILES string of the molecule is O=C(O)C(=O)O.[2H]C([2H])([2H])N(C)CCC[C@@]1(c2ccc(F)cc2)OCc2cc([N+]#[C-])ccc21. The molecule has 0 fully saturated rings. The molecule has 0 aliphatic carbocycles. The van der Waals surface area contributed by atoms with Crippen LogP contribution in [0.3, 0.4) is 0 Å². The fourth-order valence-electron chi connectivity index (χ4n) is 3.32. The number of carboxylic acid groups (broad SMARTS) is 2. The molecule has 0 aromatic heterocycles. The maximum Gasteiger partial charge on any atom is 0.414 e. The van der Waals surface area contributed by atoms with Crippen molar-refractivity contribution in [2.24, 2.45) is 0 Å². The lowest BCUT2D eigenvalue weighted by molar-refractivity contribution is -0.159. The lowest BCUT2D eigenvalue weighted by Gasteiger charge is -2.31. The number of carbonyl (C=O) groups is 2. The van der Waals surface area contributed by atoms with Gasteiger partial charge in [0.1, 0.15) is 11.4 Å². The van der Waals surface area contributed by atoms with Crippen molar-refractivity contribution in [3.05, 3.63) is 76.4 Å². The topological polar surface area (TPSA) is 91.4 Å². The molecule has 158 valence electrons. The molecule has 1 heterocycles. The molecule has 1 atom stereocenters. The van der Waals surface area contributed by atoms with E-state index in [9.17, 15) is 4.39 Å². The van der Waals surface area contributed by atoms with Crippen molar-refractivity contribution < 1.29 is 33.0 Å². The van der Waals surface area contributed by atoms with Crippen LogP contribution in [0.2, 0.25) is 0 Å². The van der Waals surface area contributed by atoms with E-state index in [0.29, 0.717) is 31.7 Å². The van der Waals surface area contributed by atoms with E-state index in [0.717, 1.165) is 16.7 Å². The highest BCUT2D eigenvalue weighted by molar-refractivity contribution is 6.27. The smallest absolute Gasteiger partial charge is 0.414 e. The predicted octanol–water partition coefficient (Wildman–Crippen LogP) is 3.65. The summed E-state index contributed by atoms with van der Waals surface area (Å²) in [5.41, 5.74) is 2.51. The summed E-state index contributed by atoms with van der Waals surface area (Å²) in [6.45, 7) is 5.81. The molecule has 7 nitrogen and oxygen atoms in total. The van der Waals surface area contributed by atoms with Gasteiger partial charge in [-0.3, -0.25) is 0 Å². The van der Waals surface area contributed by atoms with Gasteiger partial charge in [0.2, 0.25) is 0 Å². The molecule has 0 saturated carbocycles. The highest BCUT2D eigenvalue weighted by atomic mass is 19.1. The molecular formula is C22H23FN2O5. The van der Waals surface area contributed by atoms with E-state index in [1.54, 1.807) is 25.2 Å². The van der Waals surface area contributed by atoms with Crippen molar-refractivity contribution >= 4 is 17.6 Å². The van der Waals surface area contributed by atoms with Gasteiger partial charge in [-0.15, -0.1) is 0 Å². The summed E-state index contributed by atoms with van der Waals surface area (Å²) in [4.78, 5) is 23.0. The van der Waals surface area contributed by atoms with Gasteiger partial charge < -0.3 is 19.8 Å². The van der Waals surface area contributed by atoms with Crippen molar-refractivity contribution in [3.63, 3.8) is 0 Å². The van der Waals surface area contributed by atoms with Crippen molar-refractivity contribution in [1.82, 2.24) is 4.90 Å². The summed E-state index contributed by atoms with van der Waals surface area (Å²) in [6.07, 6.45) is 1.15. The number of carboxylic acids is 2. The fraction of sp³-hybridized carbons (Fsp3) is 0.318. The monoisotopic (exact) mass is 417 g/mol. The van der Waals surface area contributed by atoms with Crippen LogP contribution in [-0.2, 0) is 26.5 Å². The third kappa shape index (κ3) is 5.41. The van der Waals surface area contributed by atoms with Gasteiger partial charge in [0.15, 0.2) is 5.69 Å². The summed E-state index contributed by atoms with van der Waals surface area (Å²) in [7, 11) is 1.57. The first-order chi connectivity index (χ1) is 15.4. The maximum absolute atomic E-state index is 13.4. The molecule has 0 bridgehead atoms. The highest BCUT2D eigenvalue weighted by Crippen LogP contribution is 2.46. The molecular weight excluding hydrogens is 391 g/mol. The van der Waals surface area contributed by atoms with Crippen LogP contribution >= 0.6 is 0 Å². The Hall–Kier alpha value is -3.28. The highest BCUT2D eigenvalue weighted by Gasteiger charge is 2.41. The molecule has 2 N–H and O–H groups in total. The molecule has 0 saturated heterocycles. The number of ether oxygens (including phenoxy) is 1. The van der Waals surface area contributed by atoms with Crippen molar-refractivity contribution in [1.29, 1.82) is 0 Å². The average molecular weight is 417 g/mol. The maximum atomic E-state index is 13.4. The summed E-state index contributed by atoms with van der Waals surface area (Å²) in [5, 5.41) is 14.8. The van der Waals surface area contributed by atoms with Gasteiger partial charge in [-0.1, -0.05) is 30.3 Å². The number of halogens is 1. The van der Waals surface area contributed by atoms with Crippen LogP contribution in [0.25, 0.3) is 4.85 Å². The van der Waals surface area contributed by atoms with Crippen molar-refractivity contribution in [3.8, 4) is 0 Å². The number of benzene rings is 2. The summed E-state index contributed by atoms with van der Waals surface area (Å²) in [5.74, 6) is -3.97. The molecule has 0 radical (unpaired) electrons. The van der Waals surface area contributed by atoms with Crippen LogP contribution in [0, 0.1) is 12.4 Å². The van der Waals surface area contributed by atoms with Crippen LogP contribution in [0.15, 0.2) is 42.5 Å². The van der Waals surface area contributed by atoms with Gasteiger partial charge in [0.05, 0.1) is 13.2 Å². The summed E-state index contributed by atoms with van der Waals surface area (Å²) in [6, 6.07) is 11.7. The van der Waals surface area contributed by atoms with Crippen LogP contribution in [0.1, 0.15) is 33.6 Å². The minimum Gasteiger partial charge on any atom is -0.473 e. The van der Waals surface area contributed by atoms with E-state index < -0.39 is 24.5 Å². The number of fused-ring (bicyclic) bond motifs is 1. The van der Waals surface area contributed by atoms with Gasteiger partial charge in [-0.05, 0) is 62.2 Å². The van der Waals surface area contributed by atoms with Gasteiger partial charge in [-0.25, -0.2) is 18.8 Å². The Morgan fingerprint density at radius 2 is 1.93 bits per heavy atom. The molecule has 0 spiro atoms. The molecule has 3 rings (SSSR count). The van der Waals surface area contributed by atoms with Crippen LogP contribution in [-0.4, -0.2) is 47.6 Å². The van der Waals surface area contributed by atoms with Gasteiger partial charge in [0, 0.05) is 4.11 Å². The number of aliphatic carboxylic acids is 2. The Labute approximate surface area is 178 Å². The average Bonchev–Trinajstić information content (AvgIpc) is 3.12. The molecule has 1 aliphatic rings. The first-order valence-corrected chi connectivity index (χ1v) is 8.99. The van der Waals surface area contributed by atoms with E-state index in [-0.39, 0.29) is 5.82 Å². The number of hydrogen-bond acceptors (Lipinski definition) is 4. The minimum atomic E-state index is -2.14. The van der Waals surface area contributed by atoms with Crippen molar-refractivity contribution in [2.75, 3.05) is 20.6 Å². The third-order valence-corrected chi connectivity index (χ3v) is 4.64. The van der Waals surface area contributed by atoms with Gasteiger partial charge >= 0.3 is 11.9 Å². The Kier molecular flexibility index (Phi) is 6.22. The number of nitrogens with zero attached hydrogens (tertiary/aromatic N) is 2. The Balaban J connectivity index is 0.000000569. The second-order valence-electron chi connectivity index (χ2n) is 6.71. The van der Waals surface area contributed by atoms with Gasteiger partial charge in [-0.2, -0.15) is 0 Å². The normalized spacial score (nSPS) is 18.8. The van der Waals surface area contributed by atoms with Crippen molar-refractivity contribution in [2.45, 2.75) is 25.0 Å². The van der Waals surface area contributed by atoms with E-state index >= 15 is 0 Å². The Morgan fingerprint density at radius 1 is 1.27 bits per heavy atom.